The first kappa shape index (κ1) is 12.7. The number of thiazole rings is 1. The summed E-state index contributed by atoms with van der Waals surface area (Å²) in [6, 6.07) is 6.67. The number of hydrogen-bond donors (Lipinski definition) is 0. The highest BCUT2D eigenvalue weighted by atomic mass is 32.2. The van der Waals surface area contributed by atoms with Gasteiger partial charge >= 0.3 is 0 Å². The molecule has 17 heavy (non-hydrogen) atoms. The van der Waals surface area contributed by atoms with Gasteiger partial charge in [0.15, 0.2) is 0 Å². The van der Waals surface area contributed by atoms with E-state index in [-0.39, 0.29) is 0 Å². The second-order valence-electron chi connectivity index (χ2n) is 4.25. The van der Waals surface area contributed by atoms with E-state index in [2.05, 4.69) is 44.0 Å². The lowest BCUT2D eigenvalue weighted by molar-refractivity contribution is 1.06. The standard InChI is InChI=1S/C14H17NS2/c1-10-4-5-11(2)13(8-10)9-17-12(3)14-15-6-7-16-14/h4-8,12H,9H2,1-3H3/t12-/m1/s1. The highest BCUT2D eigenvalue weighted by Gasteiger charge is 2.09. The van der Waals surface area contributed by atoms with Gasteiger partial charge in [-0.25, -0.2) is 4.98 Å². The van der Waals surface area contributed by atoms with Crippen LogP contribution in [0.5, 0.6) is 0 Å². The molecule has 0 aliphatic carbocycles. The summed E-state index contributed by atoms with van der Waals surface area (Å²) < 4.78 is 0. The van der Waals surface area contributed by atoms with Crippen LogP contribution in [0.15, 0.2) is 29.8 Å². The van der Waals surface area contributed by atoms with Gasteiger partial charge in [0.25, 0.3) is 0 Å². The third kappa shape index (κ3) is 3.33. The Morgan fingerprint density at radius 3 is 2.88 bits per heavy atom. The number of rotatable bonds is 4. The van der Waals surface area contributed by atoms with Gasteiger partial charge in [0.05, 0.1) is 5.25 Å². The van der Waals surface area contributed by atoms with E-state index in [1.807, 2.05) is 23.3 Å². The molecular weight excluding hydrogens is 246 g/mol. The predicted molar refractivity (Wildman–Crippen MR) is 77.7 cm³/mol. The van der Waals surface area contributed by atoms with E-state index < -0.39 is 0 Å². The van der Waals surface area contributed by atoms with Gasteiger partial charge < -0.3 is 0 Å². The first-order valence-corrected chi connectivity index (χ1v) is 7.67. The fraction of sp³-hybridized carbons (Fsp3) is 0.357. The van der Waals surface area contributed by atoms with Crippen LogP contribution in [0, 0.1) is 13.8 Å². The van der Waals surface area contributed by atoms with E-state index in [0.717, 1.165) is 5.75 Å². The molecule has 0 saturated heterocycles. The van der Waals surface area contributed by atoms with Gasteiger partial charge in [-0.05, 0) is 31.9 Å². The van der Waals surface area contributed by atoms with Gasteiger partial charge in [0.1, 0.15) is 5.01 Å². The zero-order chi connectivity index (χ0) is 12.3. The van der Waals surface area contributed by atoms with Crippen molar-refractivity contribution in [3.8, 4) is 0 Å². The van der Waals surface area contributed by atoms with Crippen LogP contribution in [-0.2, 0) is 5.75 Å². The molecule has 1 atom stereocenters. The Bertz CT molecular complexity index is 477. The Hall–Kier alpha value is -0.800. The van der Waals surface area contributed by atoms with Crippen molar-refractivity contribution in [3.05, 3.63) is 51.5 Å². The van der Waals surface area contributed by atoms with E-state index in [4.69, 9.17) is 0 Å². The molecule has 0 aliphatic rings. The highest BCUT2D eigenvalue weighted by Crippen LogP contribution is 2.32. The van der Waals surface area contributed by atoms with Crippen LogP contribution >= 0.6 is 23.1 Å². The lowest BCUT2D eigenvalue weighted by Crippen LogP contribution is -1.91. The third-order valence-electron chi connectivity index (χ3n) is 2.79. The number of hydrogen-bond acceptors (Lipinski definition) is 3. The fourth-order valence-electron chi connectivity index (χ4n) is 1.68. The summed E-state index contributed by atoms with van der Waals surface area (Å²) in [4.78, 5) is 4.37. The van der Waals surface area contributed by atoms with E-state index >= 15 is 0 Å². The molecule has 0 unspecified atom stereocenters. The Morgan fingerprint density at radius 1 is 1.35 bits per heavy atom. The SMILES string of the molecule is Cc1ccc(C)c(CS[C@H](C)c2nccs2)c1. The molecule has 90 valence electrons. The van der Waals surface area contributed by atoms with E-state index in [1.54, 1.807) is 11.3 Å². The molecule has 0 bridgehead atoms. The maximum absolute atomic E-state index is 4.37. The van der Waals surface area contributed by atoms with Crippen LogP contribution in [0.3, 0.4) is 0 Å². The molecule has 1 heterocycles. The minimum absolute atomic E-state index is 0.481. The first-order valence-electron chi connectivity index (χ1n) is 5.74. The fourth-order valence-corrected chi connectivity index (χ4v) is 3.57. The topological polar surface area (TPSA) is 12.9 Å². The molecule has 2 aromatic rings. The Morgan fingerprint density at radius 2 is 2.18 bits per heavy atom. The van der Waals surface area contributed by atoms with Crippen LogP contribution in [-0.4, -0.2) is 4.98 Å². The first-order chi connectivity index (χ1) is 8.16. The van der Waals surface area contributed by atoms with Gasteiger partial charge in [0.2, 0.25) is 0 Å². The minimum Gasteiger partial charge on any atom is -0.249 e. The highest BCUT2D eigenvalue weighted by molar-refractivity contribution is 7.98. The van der Waals surface area contributed by atoms with Crippen molar-refractivity contribution in [3.63, 3.8) is 0 Å². The van der Waals surface area contributed by atoms with Gasteiger partial charge in [-0.15, -0.1) is 23.1 Å². The van der Waals surface area contributed by atoms with Crippen molar-refractivity contribution < 1.29 is 0 Å². The summed E-state index contributed by atoms with van der Waals surface area (Å²) >= 11 is 3.70. The molecule has 0 aliphatic heterocycles. The quantitative estimate of drug-likeness (QED) is 0.789. The summed E-state index contributed by atoms with van der Waals surface area (Å²) in [5.41, 5.74) is 4.17. The summed E-state index contributed by atoms with van der Waals surface area (Å²) in [5, 5.41) is 3.75. The molecule has 2 rings (SSSR count). The molecule has 0 spiro atoms. The molecule has 1 aromatic carbocycles. The number of aromatic nitrogens is 1. The molecule has 0 saturated carbocycles. The smallest absolute Gasteiger partial charge is 0.105 e. The average Bonchev–Trinajstić information content (AvgIpc) is 2.83. The predicted octanol–water partition coefficient (Wildman–Crippen LogP) is 4.75. The third-order valence-corrected chi connectivity index (χ3v) is 5.10. The zero-order valence-electron chi connectivity index (χ0n) is 10.4. The van der Waals surface area contributed by atoms with Crippen molar-refractivity contribution in [1.82, 2.24) is 4.98 Å². The number of benzene rings is 1. The zero-order valence-corrected chi connectivity index (χ0v) is 12.1. The van der Waals surface area contributed by atoms with Crippen molar-refractivity contribution >= 4 is 23.1 Å². The van der Waals surface area contributed by atoms with Gasteiger partial charge in [-0.3, -0.25) is 0 Å². The van der Waals surface area contributed by atoms with Gasteiger partial charge in [-0.1, -0.05) is 23.8 Å². The van der Waals surface area contributed by atoms with Crippen LogP contribution in [0.2, 0.25) is 0 Å². The summed E-state index contributed by atoms with van der Waals surface area (Å²) in [6.45, 7) is 6.57. The molecular formula is C14H17NS2. The molecule has 0 amide bonds. The van der Waals surface area contributed by atoms with Crippen LogP contribution in [0.25, 0.3) is 0 Å². The van der Waals surface area contributed by atoms with E-state index in [9.17, 15) is 0 Å². The second kappa shape index (κ2) is 5.69. The molecule has 0 radical (unpaired) electrons. The molecule has 1 aromatic heterocycles. The van der Waals surface area contributed by atoms with E-state index in [1.165, 1.54) is 21.7 Å². The molecule has 3 heteroatoms. The monoisotopic (exact) mass is 263 g/mol. The van der Waals surface area contributed by atoms with Crippen LogP contribution in [0.4, 0.5) is 0 Å². The second-order valence-corrected chi connectivity index (χ2v) is 6.51. The Labute approximate surface area is 111 Å². The Kier molecular flexibility index (Phi) is 4.24. The van der Waals surface area contributed by atoms with Crippen LogP contribution in [0.1, 0.15) is 33.9 Å². The molecule has 0 fully saturated rings. The minimum atomic E-state index is 0.481. The van der Waals surface area contributed by atoms with Gasteiger partial charge in [-0.2, -0.15) is 0 Å². The van der Waals surface area contributed by atoms with E-state index in [0.29, 0.717) is 5.25 Å². The maximum Gasteiger partial charge on any atom is 0.105 e. The summed E-state index contributed by atoms with van der Waals surface area (Å²) in [6.07, 6.45) is 1.88. The van der Waals surface area contributed by atoms with Crippen molar-refractivity contribution in [2.24, 2.45) is 0 Å². The molecule has 1 nitrogen and oxygen atoms in total. The lowest BCUT2D eigenvalue weighted by atomic mass is 10.1. The largest absolute Gasteiger partial charge is 0.249 e. The molecule has 0 N–H and O–H groups in total. The average molecular weight is 263 g/mol. The summed E-state index contributed by atoms with van der Waals surface area (Å²) in [5.74, 6) is 1.06. The number of aryl methyl sites for hydroxylation is 2. The van der Waals surface area contributed by atoms with Crippen LogP contribution < -0.4 is 0 Å². The van der Waals surface area contributed by atoms with Gasteiger partial charge in [0, 0.05) is 17.3 Å². The van der Waals surface area contributed by atoms with Crippen molar-refractivity contribution in [2.75, 3.05) is 0 Å². The summed E-state index contributed by atoms with van der Waals surface area (Å²) in [7, 11) is 0. The number of nitrogens with zero attached hydrogens (tertiary/aromatic N) is 1. The normalized spacial score (nSPS) is 12.6. The van der Waals surface area contributed by atoms with Crippen molar-refractivity contribution in [1.29, 1.82) is 0 Å². The number of thioether (sulfide) groups is 1. The van der Waals surface area contributed by atoms with Crippen molar-refractivity contribution in [2.45, 2.75) is 31.8 Å². The maximum atomic E-state index is 4.37. The lowest BCUT2D eigenvalue weighted by Gasteiger charge is -2.10. The Balaban J connectivity index is 2.00.